The van der Waals surface area contributed by atoms with Crippen LogP contribution in [0.15, 0.2) is 30.3 Å². The molecule has 0 aliphatic carbocycles. The topological polar surface area (TPSA) is 203 Å². The van der Waals surface area contributed by atoms with Crippen molar-refractivity contribution in [1.82, 2.24) is 16.0 Å². The number of benzene rings is 1. The highest BCUT2D eigenvalue weighted by molar-refractivity contribution is 5.94. The monoisotopic (exact) mass is 534 g/mol. The molecule has 0 fully saturated rings. The number of carbonyl (C=O) groups is 4. The fraction of sp³-hybridized carbons (Fsp3) is 0.630. The zero-order valence-electron chi connectivity index (χ0n) is 22.7. The Labute approximate surface area is 225 Å². The van der Waals surface area contributed by atoms with E-state index in [1.54, 1.807) is 0 Å². The SMILES string of the molecule is CC(C)CC(NC(=O)C(N)Cc1ccccc1)C(=O)NC(CCCCN)C(=O)NC(CCCCN)C(=O)O. The molecule has 1 aromatic carbocycles. The van der Waals surface area contributed by atoms with Gasteiger partial charge in [0, 0.05) is 0 Å². The fourth-order valence-corrected chi connectivity index (χ4v) is 4.00. The van der Waals surface area contributed by atoms with E-state index in [0.29, 0.717) is 51.6 Å². The van der Waals surface area contributed by atoms with E-state index in [9.17, 15) is 24.3 Å². The number of amides is 3. The number of aliphatic carboxylic acids is 1. The standard InChI is InChI=1S/C27H46N6O5/c1-18(2)16-23(33-24(34)20(30)17-19-10-4-3-5-11-19)26(36)31-21(12-6-8-14-28)25(35)32-22(27(37)38)13-7-9-15-29/h3-5,10-11,18,20-23H,6-9,12-17,28-30H2,1-2H3,(H,31,36)(H,32,35)(H,33,34)(H,37,38). The summed E-state index contributed by atoms with van der Waals surface area (Å²) >= 11 is 0. The molecular weight excluding hydrogens is 488 g/mol. The van der Waals surface area contributed by atoms with Gasteiger partial charge >= 0.3 is 5.97 Å². The number of nitrogens with one attached hydrogen (secondary N) is 3. The molecule has 4 unspecified atom stereocenters. The molecule has 0 spiro atoms. The maximum atomic E-state index is 13.3. The van der Waals surface area contributed by atoms with Gasteiger partial charge in [0.1, 0.15) is 18.1 Å². The minimum absolute atomic E-state index is 0.0693. The lowest BCUT2D eigenvalue weighted by atomic mass is 10.00. The van der Waals surface area contributed by atoms with Gasteiger partial charge in [-0.15, -0.1) is 0 Å². The molecule has 0 bridgehead atoms. The van der Waals surface area contributed by atoms with Gasteiger partial charge in [-0.1, -0.05) is 44.2 Å². The largest absolute Gasteiger partial charge is 0.480 e. The number of carboxylic acid groups (broad SMARTS) is 1. The summed E-state index contributed by atoms with van der Waals surface area (Å²) in [7, 11) is 0. The molecule has 0 aliphatic heterocycles. The molecule has 0 saturated carbocycles. The van der Waals surface area contributed by atoms with Crippen LogP contribution in [0.25, 0.3) is 0 Å². The molecule has 11 heteroatoms. The van der Waals surface area contributed by atoms with Crippen LogP contribution < -0.4 is 33.2 Å². The minimum atomic E-state index is -1.15. The number of hydrogen-bond acceptors (Lipinski definition) is 7. The molecule has 11 nitrogen and oxygen atoms in total. The van der Waals surface area contributed by atoms with Gasteiger partial charge < -0.3 is 38.3 Å². The summed E-state index contributed by atoms with van der Waals surface area (Å²) in [6, 6.07) is 5.50. The fourth-order valence-electron chi connectivity index (χ4n) is 4.00. The van der Waals surface area contributed by atoms with Gasteiger partial charge in [0.25, 0.3) is 0 Å². The second kappa shape index (κ2) is 18.3. The first-order valence-electron chi connectivity index (χ1n) is 13.4. The lowest BCUT2D eigenvalue weighted by molar-refractivity contribution is -0.142. The van der Waals surface area contributed by atoms with Gasteiger partial charge in [-0.3, -0.25) is 14.4 Å². The molecule has 0 aliphatic rings. The van der Waals surface area contributed by atoms with Gasteiger partial charge in [0.05, 0.1) is 6.04 Å². The first kappa shape index (κ1) is 33.0. The quantitative estimate of drug-likeness (QED) is 0.123. The molecule has 1 rings (SSSR count). The van der Waals surface area contributed by atoms with Crippen molar-refractivity contribution in [1.29, 1.82) is 0 Å². The third-order valence-electron chi connectivity index (χ3n) is 6.12. The number of unbranched alkanes of at least 4 members (excludes halogenated alkanes) is 2. The van der Waals surface area contributed by atoms with E-state index < -0.39 is 47.9 Å². The summed E-state index contributed by atoms with van der Waals surface area (Å²) in [5, 5.41) is 17.5. The van der Waals surface area contributed by atoms with Crippen LogP contribution in [0, 0.1) is 5.92 Å². The number of nitrogens with two attached hydrogens (primary N) is 3. The van der Waals surface area contributed by atoms with E-state index in [0.717, 1.165) is 5.56 Å². The average Bonchev–Trinajstić information content (AvgIpc) is 2.87. The highest BCUT2D eigenvalue weighted by Crippen LogP contribution is 2.10. The van der Waals surface area contributed by atoms with Crippen molar-refractivity contribution in [3.8, 4) is 0 Å². The zero-order chi connectivity index (χ0) is 28.5. The van der Waals surface area contributed by atoms with Crippen LogP contribution in [0.4, 0.5) is 0 Å². The summed E-state index contributed by atoms with van der Waals surface area (Å²) in [5.41, 5.74) is 18.1. The van der Waals surface area contributed by atoms with E-state index in [2.05, 4.69) is 16.0 Å². The predicted molar refractivity (Wildman–Crippen MR) is 147 cm³/mol. The van der Waals surface area contributed by atoms with E-state index >= 15 is 0 Å². The van der Waals surface area contributed by atoms with Gasteiger partial charge in [-0.2, -0.15) is 0 Å². The molecule has 0 saturated heterocycles. The third kappa shape index (κ3) is 13.0. The van der Waals surface area contributed by atoms with E-state index in [1.807, 2.05) is 44.2 Å². The maximum absolute atomic E-state index is 13.3. The Morgan fingerprint density at radius 3 is 1.79 bits per heavy atom. The lowest BCUT2D eigenvalue weighted by Gasteiger charge is -2.26. The molecule has 0 aromatic heterocycles. The number of hydrogen-bond donors (Lipinski definition) is 7. The van der Waals surface area contributed by atoms with Crippen molar-refractivity contribution < 1.29 is 24.3 Å². The summed E-state index contributed by atoms with van der Waals surface area (Å²) in [4.78, 5) is 50.8. The van der Waals surface area contributed by atoms with E-state index in [1.165, 1.54) is 0 Å². The van der Waals surface area contributed by atoms with Crippen LogP contribution in [0.2, 0.25) is 0 Å². The summed E-state index contributed by atoms with van der Waals surface area (Å²) < 4.78 is 0. The van der Waals surface area contributed by atoms with Crippen LogP contribution in [0.1, 0.15) is 64.4 Å². The van der Waals surface area contributed by atoms with Crippen LogP contribution in [0.5, 0.6) is 0 Å². The Hall–Kier alpha value is -3.02. The van der Waals surface area contributed by atoms with Crippen molar-refractivity contribution in [3.05, 3.63) is 35.9 Å². The van der Waals surface area contributed by atoms with Crippen molar-refractivity contribution in [3.63, 3.8) is 0 Å². The predicted octanol–water partition coefficient (Wildman–Crippen LogP) is 0.400. The first-order chi connectivity index (χ1) is 18.1. The Bertz CT molecular complexity index is 867. The normalized spacial score (nSPS) is 14.3. The Balaban J connectivity index is 2.94. The van der Waals surface area contributed by atoms with Crippen LogP contribution >= 0.6 is 0 Å². The van der Waals surface area contributed by atoms with Crippen molar-refractivity contribution in [2.24, 2.45) is 23.1 Å². The van der Waals surface area contributed by atoms with Crippen molar-refractivity contribution in [2.75, 3.05) is 13.1 Å². The number of carboxylic acids is 1. The van der Waals surface area contributed by atoms with Crippen LogP contribution in [-0.4, -0.2) is 66.1 Å². The Kier molecular flexibility index (Phi) is 15.9. The summed E-state index contributed by atoms with van der Waals surface area (Å²) in [6.07, 6.45) is 3.54. The van der Waals surface area contributed by atoms with Crippen LogP contribution in [0.3, 0.4) is 0 Å². The summed E-state index contributed by atoms with van der Waals surface area (Å²) in [6.45, 7) is 4.68. The molecule has 214 valence electrons. The molecule has 3 amide bonds. The Morgan fingerprint density at radius 2 is 1.26 bits per heavy atom. The van der Waals surface area contributed by atoms with Crippen LogP contribution in [-0.2, 0) is 25.6 Å². The highest BCUT2D eigenvalue weighted by atomic mass is 16.4. The maximum Gasteiger partial charge on any atom is 0.326 e. The molecular formula is C27H46N6O5. The van der Waals surface area contributed by atoms with Gasteiger partial charge in [0.15, 0.2) is 0 Å². The van der Waals surface area contributed by atoms with E-state index in [4.69, 9.17) is 17.2 Å². The van der Waals surface area contributed by atoms with Gasteiger partial charge in [-0.05, 0) is 75.9 Å². The smallest absolute Gasteiger partial charge is 0.326 e. The van der Waals surface area contributed by atoms with Crippen molar-refractivity contribution >= 4 is 23.7 Å². The van der Waals surface area contributed by atoms with Crippen molar-refractivity contribution in [2.45, 2.75) is 89.4 Å². The van der Waals surface area contributed by atoms with Gasteiger partial charge in [-0.25, -0.2) is 4.79 Å². The average molecular weight is 535 g/mol. The number of rotatable bonds is 19. The second-order valence-corrected chi connectivity index (χ2v) is 10.0. The Morgan fingerprint density at radius 1 is 0.763 bits per heavy atom. The zero-order valence-corrected chi connectivity index (χ0v) is 22.7. The molecule has 0 radical (unpaired) electrons. The molecule has 4 atom stereocenters. The summed E-state index contributed by atoms with van der Waals surface area (Å²) in [5.74, 6) is -2.67. The molecule has 38 heavy (non-hydrogen) atoms. The second-order valence-electron chi connectivity index (χ2n) is 10.0. The molecule has 0 heterocycles. The van der Waals surface area contributed by atoms with E-state index in [-0.39, 0.29) is 18.8 Å². The number of carbonyl (C=O) groups excluding carboxylic acids is 3. The minimum Gasteiger partial charge on any atom is -0.480 e. The van der Waals surface area contributed by atoms with Gasteiger partial charge in [0.2, 0.25) is 17.7 Å². The third-order valence-corrected chi connectivity index (χ3v) is 6.12. The molecule has 10 N–H and O–H groups in total. The highest BCUT2D eigenvalue weighted by Gasteiger charge is 2.30. The lowest BCUT2D eigenvalue weighted by Crippen LogP contribution is -2.57. The molecule has 1 aromatic rings. The first-order valence-corrected chi connectivity index (χ1v) is 13.4.